The van der Waals surface area contributed by atoms with Crippen molar-refractivity contribution in [3.05, 3.63) is 62.9 Å². The summed E-state index contributed by atoms with van der Waals surface area (Å²) in [5.41, 5.74) is 1.97. The van der Waals surface area contributed by atoms with Crippen molar-refractivity contribution in [2.45, 2.75) is 12.3 Å². The second-order valence-corrected chi connectivity index (χ2v) is 8.50. The molecule has 3 rings (SSSR count). The van der Waals surface area contributed by atoms with E-state index in [4.69, 9.17) is 27.9 Å². The van der Waals surface area contributed by atoms with E-state index in [9.17, 15) is 4.79 Å². The summed E-state index contributed by atoms with van der Waals surface area (Å²) in [6, 6.07) is 13.6. The molecular weight excluding hydrogens is 423 g/mol. The summed E-state index contributed by atoms with van der Waals surface area (Å²) in [4.78, 5) is 17.3. The molecule has 0 fully saturated rings. The van der Waals surface area contributed by atoms with E-state index >= 15 is 0 Å². The number of carbonyl (C=O) groups is 1. The van der Waals surface area contributed by atoms with Crippen molar-refractivity contribution in [3.8, 4) is 0 Å². The Morgan fingerprint density at radius 2 is 1.93 bits per heavy atom. The summed E-state index contributed by atoms with van der Waals surface area (Å²) in [5.74, 6) is 0.908. The Morgan fingerprint density at radius 1 is 1.19 bits per heavy atom. The smallest absolute Gasteiger partial charge is 0.258 e. The lowest BCUT2D eigenvalue weighted by Gasteiger charge is -2.06. The van der Waals surface area contributed by atoms with Crippen LogP contribution in [-0.2, 0) is 21.8 Å². The van der Waals surface area contributed by atoms with Gasteiger partial charge in [0.25, 0.3) is 5.91 Å². The molecule has 3 aromatic rings. The Hall–Kier alpha value is -1.31. The Kier molecular flexibility index (Phi) is 7.38. The van der Waals surface area contributed by atoms with Gasteiger partial charge in [0, 0.05) is 19.4 Å². The fourth-order valence-corrected chi connectivity index (χ4v) is 5.01. The Balaban J connectivity index is 1.84. The molecule has 0 atom stereocenters. The zero-order chi connectivity index (χ0) is 19.2. The highest BCUT2D eigenvalue weighted by Gasteiger charge is 2.14. The highest BCUT2D eigenvalue weighted by molar-refractivity contribution is 7.99. The van der Waals surface area contributed by atoms with E-state index in [0.717, 1.165) is 16.0 Å². The number of amides is 1. The van der Waals surface area contributed by atoms with Crippen molar-refractivity contribution in [1.29, 1.82) is 0 Å². The second-order valence-electron chi connectivity index (χ2n) is 5.72. The minimum Gasteiger partial charge on any atom is -0.383 e. The number of ether oxygens (including phenoxy) is 1. The zero-order valence-corrected chi connectivity index (χ0v) is 17.8. The topological polar surface area (TPSA) is 43.6 Å². The molecule has 1 amide bonds. The number of thioether (sulfide) groups is 1. The standard InChI is InChI=1S/C19H18Cl2N2O2S2/c1-25-10-9-23-17-14(20)7-8-15(21)18(17)27-19(23)22-16(24)12-26-11-13-5-3-2-4-6-13/h2-8H,9-12H2,1H3. The van der Waals surface area contributed by atoms with Crippen molar-refractivity contribution in [2.24, 2.45) is 4.99 Å². The van der Waals surface area contributed by atoms with Crippen LogP contribution in [0.5, 0.6) is 0 Å². The van der Waals surface area contributed by atoms with Gasteiger partial charge in [-0.25, -0.2) is 0 Å². The number of halogens is 2. The highest BCUT2D eigenvalue weighted by atomic mass is 35.5. The van der Waals surface area contributed by atoms with Gasteiger partial charge in [0.05, 0.1) is 32.6 Å². The molecular formula is C19H18Cl2N2O2S2. The number of benzene rings is 2. The first-order valence-corrected chi connectivity index (χ1v) is 11.0. The van der Waals surface area contributed by atoms with E-state index in [0.29, 0.717) is 33.8 Å². The Bertz CT molecular complexity index is 1000. The SMILES string of the molecule is COCCn1c(=NC(=O)CSCc2ccccc2)sc2c(Cl)ccc(Cl)c21. The fraction of sp³-hybridized carbons (Fsp3) is 0.263. The van der Waals surface area contributed by atoms with Gasteiger partial charge in [-0.15, -0.1) is 11.8 Å². The van der Waals surface area contributed by atoms with E-state index in [-0.39, 0.29) is 5.91 Å². The number of aromatic nitrogens is 1. The normalized spacial score (nSPS) is 12.0. The van der Waals surface area contributed by atoms with E-state index in [1.165, 1.54) is 16.9 Å². The number of methoxy groups -OCH3 is 1. The van der Waals surface area contributed by atoms with Gasteiger partial charge in [0.15, 0.2) is 4.80 Å². The summed E-state index contributed by atoms with van der Waals surface area (Å²) in [7, 11) is 1.63. The minimum atomic E-state index is -0.180. The number of fused-ring (bicyclic) bond motifs is 1. The minimum absolute atomic E-state index is 0.180. The molecule has 0 aliphatic carbocycles. The third kappa shape index (κ3) is 5.15. The first-order chi connectivity index (χ1) is 13.1. The molecule has 0 unspecified atom stereocenters. The van der Waals surface area contributed by atoms with Gasteiger partial charge in [-0.3, -0.25) is 4.79 Å². The first-order valence-electron chi connectivity index (χ1n) is 8.25. The lowest BCUT2D eigenvalue weighted by molar-refractivity contribution is -0.115. The molecule has 0 aliphatic rings. The van der Waals surface area contributed by atoms with Crippen molar-refractivity contribution in [1.82, 2.24) is 4.57 Å². The molecule has 142 valence electrons. The lowest BCUT2D eigenvalue weighted by Crippen LogP contribution is -2.20. The molecule has 0 N–H and O–H groups in total. The summed E-state index contributed by atoms with van der Waals surface area (Å²) >= 11 is 15.6. The van der Waals surface area contributed by atoms with Crippen LogP contribution in [-0.4, -0.2) is 29.9 Å². The van der Waals surface area contributed by atoms with Crippen LogP contribution in [0, 0.1) is 0 Å². The number of nitrogens with zero attached hydrogens (tertiary/aromatic N) is 2. The first kappa shape index (κ1) is 20.4. The average molecular weight is 441 g/mol. The number of hydrogen-bond acceptors (Lipinski definition) is 4. The molecule has 0 aliphatic heterocycles. The largest absolute Gasteiger partial charge is 0.383 e. The number of rotatable bonds is 7. The molecule has 4 nitrogen and oxygen atoms in total. The van der Waals surface area contributed by atoms with E-state index in [2.05, 4.69) is 4.99 Å². The van der Waals surface area contributed by atoms with Crippen LogP contribution in [0.15, 0.2) is 47.5 Å². The van der Waals surface area contributed by atoms with Crippen molar-refractivity contribution < 1.29 is 9.53 Å². The van der Waals surface area contributed by atoms with Gasteiger partial charge in [-0.1, -0.05) is 64.9 Å². The predicted octanol–water partition coefficient (Wildman–Crippen LogP) is 5.02. The summed E-state index contributed by atoms with van der Waals surface area (Å²) in [6.45, 7) is 1.03. The maximum Gasteiger partial charge on any atom is 0.258 e. The highest BCUT2D eigenvalue weighted by Crippen LogP contribution is 2.31. The van der Waals surface area contributed by atoms with Crippen LogP contribution in [0.1, 0.15) is 5.56 Å². The van der Waals surface area contributed by atoms with Gasteiger partial charge in [0.1, 0.15) is 0 Å². The maximum atomic E-state index is 12.4. The van der Waals surface area contributed by atoms with Crippen LogP contribution in [0.2, 0.25) is 10.0 Å². The van der Waals surface area contributed by atoms with Gasteiger partial charge in [0.2, 0.25) is 0 Å². The number of carbonyl (C=O) groups excluding carboxylic acids is 1. The van der Waals surface area contributed by atoms with Gasteiger partial charge in [-0.05, 0) is 17.7 Å². The molecule has 2 aromatic carbocycles. The Labute approximate surface area is 175 Å². The number of hydrogen-bond donors (Lipinski definition) is 0. The van der Waals surface area contributed by atoms with Crippen LogP contribution in [0.3, 0.4) is 0 Å². The summed E-state index contributed by atoms with van der Waals surface area (Å²) in [5, 5.41) is 1.17. The predicted molar refractivity (Wildman–Crippen MR) is 115 cm³/mol. The summed E-state index contributed by atoms with van der Waals surface area (Å²) < 4.78 is 7.91. The Morgan fingerprint density at radius 3 is 2.67 bits per heavy atom. The third-order valence-corrected chi connectivity index (χ3v) is 6.64. The van der Waals surface area contributed by atoms with E-state index < -0.39 is 0 Å². The fourth-order valence-electron chi connectivity index (χ4n) is 2.56. The molecule has 0 saturated heterocycles. The zero-order valence-electron chi connectivity index (χ0n) is 14.7. The van der Waals surface area contributed by atoms with Gasteiger partial charge < -0.3 is 9.30 Å². The maximum absolute atomic E-state index is 12.4. The molecule has 0 saturated carbocycles. The lowest BCUT2D eigenvalue weighted by atomic mass is 10.2. The van der Waals surface area contributed by atoms with Crippen molar-refractivity contribution >= 4 is 62.4 Å². The molecule has 1 aromatic heterocycles. The van der Waals surface area contributed by atoms with Crippen molar-refractivity contribution in [2.75, 3.05) is 19.5 Å². The molecule has 0 bridgehead atoms. The molecule has 1 heterocycles. The van der Waals surface area contributed by atoms with Gasteiger partial charge in [-0.2, -0.15) is 4.99 Å². The summed E-state index contributed by atoms with van der Waals surface area (Å²) in [6.07, 6.45) is 0. The average Bonchev–Trinajstić information content (AvgIpc) is 3.03. The monoisotopic (exact) mass is 440 g/mol. The van der Waals surface area contributed by atoms with Crippen LogP contribution in [0.25, 0.3) is 10.2 Å². The van der Waals surface area contributed by atoms with E-state index in [1.807, 2.05) is 34.9 Å². The molecule has 8 heteroatoms. The molecule has 0 spiro atoms. The quantitative estimate of drug-likeness (QED) is 0.517. The van der Waals surface area contributed by atoms with Crippen molar-refractivity contribution in [3.63, 3.8) is 0 Å². The molecule has 0 radical (unpaired) electrons. The second kappa shape index (κ2) is 9.75. The van der Waals surface area contributed by atoms with Crippen LogP contribution >= 0.6 is 46.3 Å². The van der Waals surface area contributed by atoms with E-state index in [1.54, 1.807) is 31.0 Å². The van der Waals surface area contributed by atoms with Gasteiger partial charge >= 0.3 is 0 Å². The van der Waals surface area contributed by atoms with Crippen LogP contribution < -0.4 is 4.80 Å². The molecule has 27 heavy (non-hydrogen) atoms. The number of thiazole rings is 1. The van der Waals surface area contributed by atoms with Crippen LogP contribution in [0.4, 0.5) is 0 Å². The third-order valence-electron chi connectivity index (χ3n) is 3.80.